The van der Waals surface area contributed by atoms with Gasteiger partial charge >= 0.3 is 0 Å². The van der Waals surface area contributed by atoms with Crippen molar-refractivity contribution in [1.82, 2.24) is 14.8 Å². The number of nitrogens with one attached hydrogen (secondary N) is 1. The maximum Gasteiger partial charge on any atom is 0.142 e. The van der Waals surface area contributed by atoms with Crippen LogP contribution in [-0.2, 0) is 13.0 Å². The van der Waals surface area contributed by atoms with Gasteiger partial charge in [0, 0.05) is 25.2 Å². The average molecular weight is 226 g/mol. The molecule has 1 atom stereocenters. The zero-order valence-corrected chi connectivity index (χ0v) is 9.56. The smallest absolute Gasteiger partial charge is 0.142 e. The van der Waals surface area contributed by atoms with Crippen LogP contribution in [0, 0.1) is 0 Å². The fraction of sp³-hybridized carbons (Fsp3) is 0.385. The van der Waals surface area contributed by atoms with Crippen LogP contribution in [0.5, 0.6) is 0 Å². The van der Waals surface area contributed by atoms with E-state index >= 15 is 0 Å². The maximum absolute atomic E-state index is 4.39. The van der Waals surface area contributed by atoms with Crippen molar-refractivity contribution in [3.63, 3.8) is 0 Å². The Morgan fingerprint density at radius 3 is 3.18 bits per heavy atom. The number of aromatic nitrogens is 3. The van der Waals surface area contributed by atoms with Gasteiger partial charge in [0.1, 0.15) is 11.6 Å². The summed E-state index contributed by atoms with van der Waals surface area (Å²) in [5.74, 6) is 2.66. The maximum atomic E-state index is 4.39. The van der Waals surface area contributed by atoms with Crippen molar-refractivity contribution in [2.75, 3.05) is 11.9 Å². The molecule has 4 nitrogen and oxygen atoms in total. The van der Waals surface area contributed by atoms with Gasteiger partial charge in [-0.2, -0.15) is 0 Å². The molecule has 2 aliphatic rings. The van der Waals surface area contributed by atoms with Crippen LogP contribution in [-0.4, -0.2) is 21.3 Å². The van der Waals surface area contributed by atoms with Crippen LogP contribution in [0.3, 0.4) is 0 Å². The quantitative estimate of drug-likeness (QED) is 0.806. The molecule has 2 aromatic rings. The number of benzene rings is 1. The van der Waals surface area contributed by atoms with Crippen molar-refractivity contribution >= 4 is 5.69 Å². The lowest BCUT2D eigenvalue weighted by Gasteiger charge is -2.10. The van der Waals surface area contributed by atoms with Crippen LogP contribution in [0.4, 0.5) is 5.69 Å². The molecule has 0 saturated carbocycles. The van der Waals surface area contributed by atoms with E-state index < -0.39 is 0 Å². The Balaban J connectivity index is 1.82. The number of aryl methyl sites for hydroxylation is 1. The molecule has 3 heterocycles. The molecule has 0 fully saturated rings. The van der Waals surface area contributed by atoms with E-state index in [0.717, 1.165) is 31.2 Å². The molecule has 1 unspecified atom stereocenters. The Morgan fingerprint density at radius 1 is 1.24 bits per heavy atom. The average Bonchev–Trinajstić information content (AvgIpc) is 3.02. The summed E-state index contributed by atoms with van der Waals surface area (Å²) in [4.78, 5) is 0. The van der Waals surface area contributed by atoms with Gasteiger partial charge in [0.15, 0.2) is 0 Å². The lowest BCUT2D eigenvalue weighted by molar-refractivity contribution is 0.660. The van der Waals surface area contributed by atoms with Crippen LogP contribution in [0.1, 0.15) is 29.6 Å². The second-order valence-electron chi connectivity index (χ2n) is 4.75. The largest absolute Gasteiger partial charge is 0.384 e. The highest BCUT2D eigenvalue weighted by Gasteiger charge is 2.29. The zero-order valence-electron chi connectivity index (χ0n) is 9.56. The monoisotopic (exact) mass is 226 g/mol. The highest BCUT2D eigenvalue weighted by atomic mass is 15.3. The predicted octanol–water partition coefficient (Wildman–Crippen LogP) is 1.78. The van der Waals surface area contributed by atoms with Gasteiger partial charge in [-0.1, -0.05) is 18.2 Å². The van der Waals surface area contributed by atoms with Crippen molar-refractivity contribution in [3.8, 4) is 0 Å². The number of nitrogens with zero attached hydrogens (tertiary/aromatic N) is 3. The Bertz CT molecular complexity index is 573. The topological polar surface area (TPSA) is 42.7 Å². The van der Waals surface area contributed by atoms with E-state index in [-0.39, 0.29) is 0 Å². The number of anilines is 1. The third-order valence-corrected chi connectivity index (χ3v) is 3.78. The molecule has 1 N–H and O–H groups in total. The van der Waals surface area contributed by atoms with Crippen molar-refractivity contribution in [1.29, 1.82) is 0 Å². The summed E-state index contributed by atoms with van der Waals surface area (Å²) in [7, 11) is 0. The lowest BCUT2D eigenvalue weighted by Crippen LogP contribution is -2.11. The van der Waals surface area contributed by atoms with E-state index in [0.29, 0.717) is 5.92 Å². The van der Waals surface area contributed by atoms with Gasteiger partial charge in [0.05, 0.1) is 5.92 Å². The minimum Gasteiger partial charge on any atom is -0.384 e. The standard InChI is InChI=1S/C13H14N4/c1-2-5-11-9(4-1)10(8-14-11)13-16-15-12-6-3-7-17(12)13/h1-2,4-5,10,14H,3,6-8H2. The molecule has 17 heavy (non-hydrogen) atoms. The first-order valence-electron chi connectivity index (χ1n) is 6.18. The number of hydrogen-bond donors (Lipinski definition) is 1. The SMILES string of the molecule is c1ccc2c(c1)NCC2c1nnc2n1CCC2. The van der Waals surface area contributed by atoms with E-state index in [2.05, 4.69) is 44.3 Å². The third-order valence-electron chi connectivity index (χ3n) is 3.78. The van der Waals surface area contributed by atoms with E-state index in [1.54, 1.807) is 0 Å². The van der Waals surface area contributed by atoms with Gasteiger partial charge in [-0.25, -0.2) is 0 Å². The predicted molar refractivity (Wildman–Crippen MR) is 65.1 cm³/mol. The van der Waals surface area contributed by atoms with Gasteiger partial charge in [-0.3, -0.25) is 0 Å². The zero-order chi connectivity index (χ0) is 11.2. The Morgan fingerprint density at radius 2 is 2.18 bits per heavy atom. The summed E-state index contributed by atoms with van der Waals surface area (Å²) < 4.78 is 2.30. The second-order valence-corrected chi connectivity index (χ2v) is 4.75. The van der Waals surface area contributed by atoms with Crippen molar-refractivity contribution in [2.45, 2.75) is 25.3 Å². The first kappa shape index (κ1) is 9.22. The normalized spacial score (nSPS) is 21.1. The molecule has 4 heteroatoms. The molecule has 1 aromatic heterocycles. The molecule has 0 amide bonds. The molecule has 0 aliphatic carbocycles. The summed E-state index contributed by atoms with van der Waals surface area (Å²) in [6.07, 6.45) is 2.29. The molecule has 2 aliphatic heterocycles. The van der Waals surface area contributed by atoms with Crippen molar-refractivity contribution in [3.05, 3.63) is 41.5 Å². The molecule has 4 rings (SSSR count). The summed E-state index contributed by atoms with van der Waals surface area (Å²) in [5, 5.41) is 12.1. The molecule has 86 valence electrons. The van der Waals surface area contributed by atoms with Gasteiger partial charge < -0.3 is 9.88 Å². The Labute approximate surface area is 99.7 Å². The van der Waals surface area contributed by atoms with Crippen molar-refractivity contribution < 1.29 is 0 Å². The van der Waals surface area contributed by atoms with Gasteiger partial charge in [0.2, 0.25) is 0 Å². The highest BCUT2D eigenvalue weighted by Crippen LogP contribution is 2.35. The van der Waals surface area contributed by atoms with Crippen LogP contribution in [0.15, 0.2) is 24.3 Å². The number of fused-ring (bicyclic) bond motifs is 2. The van der Waals surface area contributed by atoms with E-state index in [1.807, 2.05) is 0 Å². The summed E-state index contributed by atoms with van der Waals surface area (Å²) >= 11 is 0. The van der Waals surface area contributed by atoms with Gasteiger partial charge in [0.25, 0.3) is 0 Å². The summed E-state index contributed by atoms with van der Waals surface area (Å²) in [6.45, 7) is 2.02. The van der Waals surface area contributed by atoms with Crippen LogP contribution in [0.2, 0.25) is 0 Å². The summed E-state index contributed by atoms with van der Waals surface area (Å²) in [5.41, 5.74) is 2.60. The number of para-hydroxylation sites is 1. The van der Waals surface area contributed by atoms with Crippen LogP contribution < -0.4 is 5.32 Å². The van der Waals surface area contributed by atoms with Crippen LogP contribution >= 0.6 is 0 Å². The fourth-order valence-electron chi connectivity index (χ4n) is 2.94. The van der Waals surface area contributed by atoms with Crippen molar-refractivity contribution in [2.24, 2.45) is 0 Å². The van der Waals surface area contributed by atoms with Gasteiger partial charge in [-0.05, 0) is 18.1 Å². The summed E-state index contributed by atoms with van der Waals surface area (Å²) in [6, 6.07) is 8.50. The first-order chi connectivity index (χ1) is 8.43. The highest BCUT2D eigenvalue weighted by molar-refractivity contribution is 5.59. The molecule has 0 radical (unpaired) electrons. The van der Waals surface area contributed by atoms with E-state index in [1.165, 1.54) is 17.7 Å². The molecular weight excluding hydrogens is 212 g/mol. The Kier molecular flexibility index (Phi) is 1.80. The lowest BCUT2D eigenvalue weighted by atomic mass is 10.0. The molecular formula is C13H14N4. The number of hydrogen-bond acceptors (Lipinski definition) is 3. The molecule has 1 aromatic carbocycles. The minimum atomic E-state index is 0.366. The fourth-order valence-corrected chi connectivity index (χ4v) is 2.94. The van der Waals surface area contributed by atoms with E-state index in [4.69, 9.17) is 0 Å². The number of rotatable bonds is 1. The molecule has 0 bridgehead atoms. The van der Waals surface area contributed by atoms with Gasteiger partial charge in [-0.15, -0.1) is 10.2 Å². The van der Waals surface area contributed by atoms with E-state index in [9.17, 15) is 0 Å². The Hall–Kier alpha value is -1.84. The third kappa shape index (κ3) is 1.24. The second kappa shape index (κ2) is 3.32. The minimum absolute atomic E-state index is 0.366. The molecule has 0 spiro atoms. The van der Waals surface area contributed by atoms with Crippen LogP contribution in [0.25, 0.3) is 0 Å². The first-order valence-corrected chi connectivity index (χ1v) is 6.18. The molecule has 0 saturated heterocycles.